The van der Waals surface area contributed by atoms with Crippen molar-refractivity contribution in [1.82, 2.24) is 9.97 Å². The minimum absolute atomic E-state index is 0.242. The van der Waals surface area contributed by atoms with Crippen LogP contribution in [-0.4, -0.2) is 9.97 Å². The molecule has 0 saturated carbocycles. The third-order valence-electron chi connectivity index (χ3n) is 2.85. The van der Waals surface area contributed by atoms with Crippen molar-refractivity contribution in [3.8, 4) is 0 Å². The van der Waals surface area contributed by atoms with E-state index in [-0.39, 0.29) is 5.56 Å². The predicted molar refractivity (Wildman–Crippen MR) is 59.7 cm³/mol. The van der Waals surface area contributed by atoms with Crippen LogP contribution in [0.15, 0.2) is 9.59 Å². The first-order chi connectivity index (χ1) is 7.25. The molecule has 0 radical (unpaired) electrons. The van der Waals surface area contributed by atoms with Gasteiger partial charge in [0.05, 0.1) is 5.39 Å². The zero-order valence-electron chi connectivity index (χ0n) is 8.05. The lowest BCUT2D eigenvalue weighted by Gasteiger charge is -2.09. The molecule has 2 heterocycles. The summed E-state index contributed by atoms with van der Waals surface area (Å²) in [6.07, 6.45) is 4.32. The van der Waals surface area contributed by atoms with Crippen LogP contribution in [0, 0.1) is 0 Å². The average Bonchev–Trinajstić information content (AvgIpc) is 2.54. The van der Waals surface area contributed by atoms with Gasteiger partial charge in [0, 0.05) is 4.88 Å². The first-order valence-electron chi connectivity index (χ1n) is 5.02. The van der Waals surface area contributed by atoms with Crippen molar-refractivity contribution in [2.75, 3.05) is 0 Å². The summed E-state index contributed by atoms with van der Waals surface area (Å²) in [5, 5.41) is 0.703. The van der Waals surface area contributed by atoms with Crippen molar-refractivity contribution in [1.29, 1.82) is 0 Å². The molecule has 2 N–H and O–H groups in total. The molecule has 3 rings (SSSR count). The maximum absolute atomic E-state index is 11.7. The topological polar surface area (TPSA) is 65.7 Å². The Balaban J connectivity index is 2.47. The van der Waals surface area contributed by atoms with Crippen molar-refractivity contribution < 1.29 is 0 Å². The number of nitrogens with one attached hydrogen (secondary N) is 2. The summed E-state index contributed by atoms with van der Waals surface area (Å²) in [5.41, 5.74) is 0.498. The van der Waals surface area contributed by atoms with Crippen molar-refractivity contribution in [3.05, 3.63) is 31.3 Å². The van der Waals surface area contributed by atoms with Crippen LogP contribution in [0.4, 0.5) is 0 Å². The Labute approximate surface area is 89.0 Å². The molecule has 0 amide bonds. The normalized spacial score (nSPS) is 15.5. The minimum Gasteiger partial charge on any atom is -0.298 e. The Morgan fingerprint density at radius 2 is 1.87 bits per heavy atom. The summed E-state index contributed by atoms with van der Waals surface area (Å²) in [5.74, 6) is 0. The van der Waals surface area contributed by atoms with Gasteiger partial charge in [0.15, 0.2) is 0 Å². The van der Waals surface area contributed by atoms with E-state index < -0.39 is 5.69 Å². The van der Waals surface area contributed by atoms with Gasteiger partial charge in [-0.1, -0.05) is 0 Å². The number of H-pyrrole nitrogens is 2. The zero-order chi connectivity index (χ0) is 10.4. The van der Waals surface area contributed by atoms with Gasteiger partial charge in [-0.15, -0.1) is 11.3 Å². The predicted octanol–water partition coefficient (Wildman–Crippen LogP) is 1.16. The van der Waals surface area contributed by atoms with Crippen molar-refractivity contribution in [2.45, 2.75) is 25.7 Å². The molecule has 2 aromatic rings. The SMILES string of the molecule is O=c1[nH]c(=O)c2c3c(sc2[nH]1)CCCC3. The molecule has 0 atom stereocenters. The molecule has 15 heavy (non-hydrogen) atoms. The lowest BCUT2D eigenvalue weighted by atomic mass is 9.97. The Morgan fingerprint density at radius 1 is 1.07 bits per heavy atom. The zero-order valence-corrected chi connectivity index (χ0v) is 8.87. The summed E-state index contributed by atoms with van der Waals surface area (Å²) in [4.78, 5) is 29.8. The van der Waals surface area contributed by atoms with Gasteiger partial charge >= 0.3 is 5.69 Å². The largest absolute Gasteiger partial charge is 0.326 e. The number of hydrogen-bond donors (Lipinski definition) is 2. The van der Waals surface area contributed by atoms with Gasteiger partial charge in [0.25, 0.3) is 5.56 Å². The van der Waals surface area contributed by atoms with Gasteiger partial charge in [-0.3, -0.25) is 14.8 Å². The molecule has 0 bridgehead atoms. The van der Waals surface area contributed by atoms with Gasteiger partial charge in [-0.2, -0.15) is 0 Å². The molecule has 5 heteroatoms. The van der Waals surface area contributed by atoms with E-state index in [0.29, 0.717) is 5.39 Å². The van der Waals surface area contributed by atoms with Crippen LogP contribution in [0.3, 0.4) is 0 Å². The number of aromatic amines is 2. The summed E-state index contributed by atoms with van der Waals surface area (Å²) in [7, 11) is 0. The second-order valence-electron chi connectivity index (χ2n) is 3.82. The molecule has 0 aliphatic heterocycles. The number of aromatic nitrogens is 2. The molecule has 78 valence electrons. The molecule has 2 aromatic heterocycles. The lowest BCUT2D eigenvalue weighted by Crippen LogP contribution is -2.21. The van der Waals surface area contributed by atoms with Crippen LogP contribution < -0.4 is 11.2 Å². The van der Waals surface area contributed by atoms with Gasteiger partial charge in [-0.05, 0) is 31.2 Å². The fourth-order valence-electron chi connectivity index (χ4n) is 2.19. The van der Waals surface area contributed by atoms with E-state index in [0.717, 1.165) is 29.7 Å². The molecule has 0 saturated heterocycles. The Kier molecular flexibility index (Phi) is 1.82. The van der Waals surface area contributed by atoms with Crippen molar-refractivity contribution in [2.24, 2.45) is 0 Å². The quantitative estimate of drug-likeness (QED) is 0.702. The van der Waals surface area contributed by atoms with E-state index in [4.69, 9.17) is 0 Å². The highest BCUT2D eigenvalue weighted by atomic mass is 32.1. The Morgan fingerprint density at radius 3 is 2.73 bits per heavy atom. The summed E-state index contributed by atoms with van der Waals surface area (Å²) >= 11 is 1.55. The van der Waals surface area contributed by atoms with Crippen molar-refractivity contribution >= 4 is 21.6 Å². The molecule has 0 unspecified atom stereocenters. The number of aryl methyl sites for hydroxylation is 2. The van der Waals surface area contributed by atoms with Crippen molar-refractivity contribution in [3.63, 3.8) is 0 Å². The Bertz CT molecular complexity index is 635. The van der Waals surface area contributed by atoms with Crippen LogP contribution in [0.25, 0.3) is 10.2 Å². The third-order valence-corrected chi connectivity index (χ3v) is 4.06. The molecule has 0 aromatic carbocycles. The molecule has 1 aliphatic rings. The maximum atomic E-state index is 11.7. The summed E-state index contributed by atoms with van der Waals surface area (Å²) in [6.45, 7) is 0. The first-order valence-corrected chi connectivity index (χ1v) is 5.84. The molecular weight excluding hydrogens is 212 g/mol. The van der Waals surface area contributed by atoms with Gasteiger partial charge in [0.1, 0.15) is 4.83 Å². The van der Waals surface area contributed by atoms with E-state index in [1.807, 2.05) is 0 Å². The van der Waals surface area contributed by atoms with E-state index in [1.165, 1.54) is 11.3 Å². The molecular formula is C10H10N2O2S. The second-order valence-corrected chi connectivity index (χ2v) is 4.93. The van der Waals surface area contributed by atoms with Crippen LogP contribution >= 0.6 is 11.3 Å². The highest BCUT2D eigenvalue weighted by molar-refractivity contribution is 7.18. The molecule has 0 spiro atoms. The number of thiophene rings is 1. The third kappa shape index (κ3) is 1.26. The van der Waals surface area contributed by atoms with Crippen LogP contribution in [0.2, 0.25) is 0 Å². The number of hydrogen-bond acceptors (Lipinski definition) is 3. The highest BCUT2D eigenvalue weighted by Gasteiger charge is 2.18. The monoisotopic (exact) mass is 222 g/mol. The second kappa shape index (κ2) is 3.06. The van der Waals surface area contributed by atoms with Crippen LogP contribution in [-0.2, 0) is 12.8 Å². The maximum Gasteiger partial charge on any atom is 0.326 e. The standard InChI is InChI=1S/C10H10N2O2S/c13-8-7-5-3-1-2-4-6(5)15-9(7)12-10(14)11-8/h1-4H2,(H2,11,12,13,14). The fraction of sp³-hybridized carbons (Fsp3) is 0.400. The Hall–Kier alpha value is -1.36. The number of rotatable bonds is 0. The average molecular weight is 222 g/mol. The first kappa shape index (κ1) is 8.91. The van der Waals surface area contributed by atoms with E-state index in [2.05, 4.69) is 9.97 Å². The lowest BCUT2D eigenvalue weighted by molar-refractivity contribution is 0.700. The molecule has 1 aliphatic carbocycles. The summed E-state index contributed by atoms with van der Waals surface area (Å²) < 4.78 is 0. The smallest absolute Gasteiger partial charge is 0.298 e. The molecule has 0 fully saturated rings. The van der Waals surface area contributed by atoms with Gasteiger partial charge < -0.3 is 0 Å². The molecule has 4 nitrogen and oxygen atoms in total. The highest BCUT2D eigenvalue weighted by Crippen LogP contribution is 2.32. The minimum atomic E-state index is -0.411. The number of fused-ring (bicyclic) bond motifs is 3. The van der Waals surface area contributed by atoms with E-state index in [1.54, 1.807) is 11.3 Å². The fourth-order valence-corrected chi connectivity index (χ4v) is 3.48. The van der Waals surface area contributed by atoms with Crippen LogP contribution in [0.1, 0.15) is 23.3 Å². The van der Waals surface area contributed by atoms with E-state index >= 15 is 0 Å². The van der Waals surface area contributed by atoms with Gasteiger partial charge in [-0.25, -0.2) is 4.79 Å². The van der Waals surface area contributed by atoms with Crippen LogP contribution in [0.5, 0.6) is 0 Å². The van der Waals surface area contributed by atoms with Gasteiger partial charge in [0.2, 0.25) is 0 Å². The van der Waals surface area contributed by atoms with E-state index in [9.17, 15) is 9.59 Å². The summed E-state index contributed by atoms with van der Waals surface area (Å²) in [6, 6.07) is 0.